The van der Waals surface area contributed by atoms with Crippen molar-refractivity contribution in [3.63, 3.8) is 0 Å². The minimum absolute atomic E-state index is 0.00365. The van der Waals surface area contributed by atoms with Crippen LogP contribution in [0, 0.1) is 5.82 Å². The van der Waals surface area contributed by atoms with Crippen LogP contribution in [0.15, 0.2) is 76.9 Å². The largest absolute Gasteiger partial charge is 0.454 e. The average molecular weight is 483 g/mol. The predicted octanol–water partition coefficient (Wildman–Crippen LogP) is 4.73. The third-order valence-corrected chi connectivity index (χ3v) is 5.11. The molecule has 0 atom stereocenters. The lowest BCUT2D eigenvalue weighted by Gasteiger charge is -2.12. The maximum atomic E-state index is 13.2. The molecule has 8 heteroatoms. The van der Waals surface area contributed by atoms with E-state index in [0.717, 1.165) is 0 Å². The van der Waals surface area contributed by atoms with Crippen LogP contribution in [0.3, 0.4) is 0 Å². The Morgan fingerprint density at radius 3 is 2.48 bits per heavy atom. The van der Waals surface area contributed by atoms with Gasteiger partial charge < -0.3 is 20.1 Å². The number of rotatable bonds is 5. The molecule has 0 radical (unpaired) electrons. The number of ether oxygens (including phenoxy) is 2. The van der Waals surface area contributed by atoms with Gasteiger partial charge >= 0.3 is 0 Å². The Bertz CT molecular complexity index is 1180. The Labute approximate surface area is 185 Å². The summed E-state index contributed by atoms with van der Waals surface area (Å²) >= 11 is 3.34. The van der Waals surface area contributed by atoms with Gasteiger partial charge in [0.05, 0.1) is 5.56 Å². The van der Waals surface area contributed by atoms with Gasteiger partial charge in [0, 0.05) is 10.2 Å². The van der Waals surface area contributed by atoms with Crippen LogP contribution in [-0.2, 0) is 4.79 Å². The Kier molecular flexibility index (Phi) is 5.99. The maximum absolute atomic E-state index is 13.2. The van der Waals surface area contributed by atoms with E-state index in [4.69, 9.17) is 9.47 Å². The fourth-order valence-corrected chi connectivity index (χ4v) is 3.36. The van der Waals surface area contributed by atoms with Crippen LogP contribution in [0.1, 0.15) is 15.9 Å². The van der Waals surface area contributed by atoms with E-state index in [0.29, 0.717) is 32.8 Å². The molecule has 0 aliphatic carbocycles. The van der Waals surface area contributed by atoms with Crippen LogP contribution >= 0.6 is 15.9 Å². The normalized spacial score (nSPS) is 12.4. The summed E-state index contributed by atoms with van der Waals surface area (Å²) in [5, 5.41) is 5.31. The summed E-state index contributed by atoms with van der Waals surface area (Å²) in [6, 6.07) is 17.4. The SMILES string of the molecule is O=C(Nc1ccc(F)cc1)C(=Cc1ccc2c(c1)OCO2)NC(=O)c1ccccc1Br. The zero-order valence-electron chi connectivity index (χ0n) is 16.0. The lowest BCUT2D eigenvalue weighted by Crippen LogP contribution is -2.31. The maximum Gasteiger partial charge on any atom is 0.272 e. The zero-order valence-corrected chi connectivity index (χ0v) is 17.6. The number of anilines is 1. The molecule has 1 heterocycles. The molecule has 3 aromatic rings. The van der Waals surface area contributed by atoms with E-state index in [1.54, 1.807) is 42.5 Å². The summed E-state index contributed by atoms with van der Waals surface area (Å²) in [6.45, 7) is 0.124. The van der Waals surface area contributed by atoms with E-state index >= 15 is 0 Å². The molecule has 2 N–H and O–H groups in total. The number of hydrogen-bond donors (Lipinski definition) is 2. The Hall–Kier alpha value is -3.65. The Morgan fingerprint density at radius 2 is 1.71 bits per heavy atom. The van der Waals surface area contributed by atoms with Crippen molar-refractivity contribution in [3.05, 3.63) is 93.8 Å². The van der Waals surface area contributed by atoms with Crippen LogP contribution in [0.5, 0.6) is 11.5 Å². The van der Waals surface area contributed by atoms with Gasteiger partial charge in [0.25, 0.3) is 11.8 Å². The molecule has 0 bridgehead atoms. The van der Waals surface area contributed by atoms with E-state index in [2.05, 4.69) is 26.6 Å². The van der Waals surface area contributed by atoms with E-state index in [1.165, 1.54) is 30.3 Å². The summed E-state index contributed by atoms with van der Waals surface area (Å²) in [5.74, 6) is -0.300. The van der Waals surface area contributed by atoms with Crippen molar-refractivity contribution in [1.82, 2.24) is 5.32 Å². The molecule has 0 spiro atoms. The molecule has 0 saturated carbocycles. The minimum Gasteiger partial charge on any atom is -0.454 e. The lowest BCUT2D eigenvalue weighted by atomic mass is 10.1. The van der Waals surface area contributed by atoms with Crippen molar-refractivity contribution in [2.24, 2.45) is 0 Å². The summed E-state index contributed by atoms with van der Waals surface area (Å²) in [5.41, 5.74) is 1.39. The van der Waals surface area contributed by atoms with Crippen LogP contribution in [-0.4, -0.2) is 18.6 Å². The number of benzene rings is 3. The highest BCUT2D eigenvalue weighted by Gasteiger charge is 2.18. The molecule has 0 unspecified atom stereocenters. The first-order valence-electron chi connectivity index (χ1n) is 9.24. The summed E-state index contributed by atoms with van der Waals surface area (Å²) in [4.78, 5) is 25.7. The third kappa shape index (κ3) is 4.92. The van der Waals surface area contributed by atoms with Crippen molar-refractivity contribution in [3.8, 4) is 11.5 Å². The van der Waals surface area contributed by atoms with Crippen molar-refractivity contribution in [2.75, 3.05) is 12.1 Å². The van der Waals surface area contributed by atoms with Gasteiger partial charge in [-0.15, -0.1) is 0 Å². The van der Waals surface area contributed by atoms with Crippen molar-refractivity contribution in [2.45, 2.75) is 0 Å². The third-order valence-electron chi connectivity index (χ3n) is 4.42. The molecule has 156 valence electrons. The molecule has 0 fully saturated rings. The van der Waals surface area contributed by atoms with Crippen molar-refractivity contribution < 1.29 is 23.5 Å². The molecule has 1 aliphatic rings. The second-order valence-corrected chi connectivity index (χ2v) is 7.42. The minimum atomic E-state index is -0.565. The quantitative estimate of drug-likeness (QED) is 0.515. The standard InChI is InChI=1S/C23H16BrFN2O4/c24-18-4-2-1-3-17(18)22(28)27-19(23(29)26-16-8-6-15(25)7-9-16)11-14-5-10-20-21(12-14)31-13-30-20/h1-12H,13H2,(H,26,29)(H,27,28). The van der Waals surface area contributed by atoms with Gasteiger partial charge in [-0.25, -0.2) is 4.39 Å². The molecule has 2 amide bonds. The smallest absolute Gasteiger partial charge is 0.272 e. The molecule has 0 saturated heterocycles. The molecule has 4 rings (SSSR count). The summed E-state index contributed by atoms with van der Waals surface area (Å²) in [6.07, 6.45) is 1.52. The average Bonchev–Trinajstić information content (AvgIpc) is 3.23. The molecular formula is C23H16BrFN2O4. The molecule has 31 heavy (non-hydrogen) atoms. The van der Waals surface area contributed by atoms with E-state index in [-0.39, 0.29) is 12.5 Å². The Morgan fingerprint density at radius 1 is 0.968 bits per heavy atom. The molecule has 1 aliphatic heterocycles. The van der Waals surface area contributed by atoms with Gasteiger partial charge in [-0.3, -0.25) is 9.59 Å². The summed E-state index contributed by atoms with van der Waals surface area (Å²) in [7, 11) is 0. The van der Waals surface area contributed by atoms with E-state index in [1.807, 2.05) is 0 Å². The number of carbonyl (C=O) groups is 2. The zero-order chi connectivity index (χ0) is 21.8. The fourth-order valence-electron chi connectivity index (χ4n) is 2.89. The second-order valence-electron chi connectivity index (χ2n) is 6.57. The molecular weight excluding hydrogens is 467 g/mol. The number of nitrogens with one attached hydrogen (secondary N) is 2. The highest BCUT2D eigenvalue weighted by Crippen LogP contribution is 2.33. The number of fused-ring (bicyclic) bond motifs is 1. The van der Waals surface area contributed by atoms with Crippen molar-refractivity contribution in [1.29, 1.82) is 0 Å². The highest BCUT2D eigenvalue weighted by atomic mass is 79.9. The van der Waals surface area contributed by atoms with E-state index < -0.39 is 17.6 Å². The molecule has 6 nitrogen and oxygen atoms in total. The number of amides is 2. The number of hydrogen-bond acceptors (Lipinski definition) is 4. The first-order valence-corrected chi connectivity index (χ1v) is 10.0. The van der Waals surface area contributed by atoms with Gasteiger partial charge in [-0.05, 0) is 76.1 Å². The van der Waals surface area contributed by atoms with Crippen molar-refractivity contribution >= 4 is 39.5 Å². The van der Waals surface area contributed by atoms with E-state index in [9.17, 15) is 14.0 Å². The first-order chi connectivity index (χ1) is 15.0. The lowest BCUT2D eigenvalue weighted by molar-refractivity contribution is -0.113. The fraction of sp³-hybridized carbons (Fsp3) is 0.0435. The predicted molar refractivity (Wildman–Crippen MR) is 117 cm³/mol. The van der Waals surface area contributed by atoms with Gasteiger partial charge in [0.15, 0.2) is 11.5 Å². The number of carbonyl (C=O) groups excluding carboxylic acids is 2. The van der Waals surface area contributed by atoms with Gasteiger partial charge in [0.1, 0.15) is 11.5 Å². The monoisotopic (exact) mass is 482 g/mol. The van der Waals surface area contributed by atoms with Gasteiger partial charge in [-0.1, -0.05) is 18.2 Å². The van der Waals surface area contributed by atoms with Crippen LogP contribution in [0.25, 0.3) is 6.08 Å². The van der Waals surface area contributed by atoms with Gasteiger partial charge in [0.2, 0.25) is 6.79 Å². The van der Waals surface area contributed by atoms with Crippen LogP contribution in [0.4, 0.5) is 10.1 Å². The van der Waals surface area contributed by atoms with Crippen LogP contribution in [0.2, 0.25) is 0 Å². The second kappa shape index (κ2) is 9.01. The molecule has 0 aromatic heterocycles. The first kappa shape index (κ1) is 20.6. The number of halogens is 2. The Balaban J connectivity index is 1.64. The van der Waals surface area contributed by atoms with Gasteiger partial charge in [-0.2, -0.15) is 0 Å². The summed E-state index contributed by atoms with van der Waals surface area (Å²) < 4.78 is 24.4. The highest BCUT2D eigenvalue weighted by molar-refractivity contribution is 9.10. The topological polar surface area (TPSA) is 76.7 Å². The molecule has 3 aromatic carbocycles. The van der Waals surface area contributed by atoms with Crippen LogP contribution < -0.4 is 20.1 Å².